The highest BCUT2D eigenvalue weighted by atomic mass is 16.5. The van der Waals surface area contributed by atoms with E-state index in [9.17, 15) is 9.59 Å². The van der Waals surface area contributed by atoms with Crippen LogP contribution in [0.4, 0.5) is 0 Å². The monoisotopic (exact) mass is 187 g/mol. The Morgan fingerprint density at radius 3 is 2.69 bits per heavy atom. The summed E-state index contributed by atoms with van der Waals surface area (Å²) < 4.78 is 5.05. The first-order valence-corrected chi connectivity index (χ1v) is 4.21. The molecule has 1 aliphatic heterocycles. The third-order valence-electron chi connectivity index (χ3n) is 2.06. The molecule has 0 saturated carbocycles. The van der Waals surface area contributed by atoms with Crippen molar-refractivity contribution in [1.82, 2.24) is 4.90 Å². The maximum absolute atomic E-state index is 11.0. The predicted molar refractivity (Wildman–Crippen MR) is 44.2 cm³/mol. The van der Waals surface area contributed by atoms with Gasteiger partial charge in [-0.2, -0.15) is 0 Å². The van der Waals surface area contributed by atoms with Crippen molar-refractivity contribution in [3.8, 4) is 0 Å². The molecule has 0 aromatic heterocycles. The standard InChI is InChI=1S/C8H13NO4/c1-6(10)9-3-2-7(8(11)12)13-5-4-9/h7H,2-5H2,1H3,(H,11,12). The first-order valence-electron chi connectivity index (χ1n) is 4.21. The Morgan fingerprint density at radius 2 is 2.15 bits per heavy atom. The Morgan fingerprint density at radius 1 is 1.46 bits per heavy atom. The lowest BCUT2D eigenvalue weighted by Crippen LogP contribution is -2.31. The van der Waals surface area contributed by atoms with Gasteiger partial charge >= 0.3 is 5.97 Å². The number of rotatable bonds is 1. The highest BCUT2D eigenvalue weighted by Crippen LogP contribution is 2.06. The van der Waals surface area contributed by atoms with E-state index in [4.69, 9.17) is 9.84 Å². The summed E-state index contributed by atoms with van der Waals surface area (Å²) in [5.41, 5.74) is 0. The van der Waals surface area contributed by atoms with Crippen LogP contribution in [0.1, 0.15) is 13.3 Å². The number of carbonyl (C=O) groups excluding carboxylic acids is 1. The molecule has 0 spiro atoms. The van der Waals surface area contributed by atoms with Crippen LogP contribution in [0.2, 0.25) is 0 Å². The number of aliphatic carboxylic acids is 1. The number of nitrogens with zero attached hydrogens (tertiary/aromatic N) is 1. The molecule has 5 heteroatoms. The van der Waals surface area contributed by atoms with Crippen LogP contribution in [0.15, 0.2) is 0 Å². The molecule has 1 saturated heterocycles. The predicted octanol–water partition coefficient (Wildman–Crippen LogP) is -0.292. The molecular weight excluding hydrogens is 174 g/mol. The molecule has 1 atom stereocenters. The summed E-state index contributed by atoms with van der Waals surface area (Å²) in [5, 5.41) is 8.66. The van der Waals surface area contributed by atoms with E-state index in [1.54, 1.807) is 4.90 Å². The zero-order chi connectivity index (χ0) is 9.84. The molecule has 5 nitrogen and oxygen atoms in total. The van der Waals surface area contributed by atoms with Gasteiger partial charge in [0.15, 0.2) is 6.10 Å². The number of carbonyl (C=O) groups is 2. The summed E-state index contributed by atoms with van der Waals surface area (Å²) >= 11 is 0. The van der Waals surface area contributed by atoms with Gasteiger partial charge in [0.05, 0.1) is 6.61 Å². The number of amides is 1. The van der Waals surface area contributed by atoms with Gasteiger partial charge in [-0.25, -0.2) is 4.79 Å². The molecule has 13 heavy (non-hydrogen) atoms. The number of ether oxygens (including phenoxy) is 1. The van der Waals surface area contributed by atoms with Gasteiger partial charge in [-0.15, -0.1) is 0 Å². The summed E-state index contributed by atoms with van der Waals surface area (Å²) in [4.78, 5) is 23.1. The average molecular weight is 187 g/mol. The van der Waals surface area contributed by atoms with E-state index < -0.39 is 12.1 Å². The third-order valence-corrected chi connectivity index (χ3v) is 2.06. The van der Waals surface area contributed by atoms with Crippen LogP contribution in [-0.2, 0) is 14.3 Å². The van der Waals surface area contributed by atoms with Gasteiger partial charge in [0.25, 0.3) is 0 Å². The Hall–Kier alpha value is -1.10. The van der Waals surface area contributed by atoms with Crippen molar-refractivity contribution in [2.45, 2.75) is 19.4 Å². The molecule has 0 aromatic rings. The minimum atomic E-state index is -0.953. The Balaban J connectivity index is 2.48. The third kappa shape index (κ3) is 2.69. The maximum Gasteiger partial charge on any atom is 0.332 e. The molecule has 0 bridgehead atoms. The van der Waals surface area contributed by atoms with Crippen LogP contribution in [0.5, 0.6) is 0 Å². The molecule has 1 amide bonds. The van der Waals surface area contributed by atoms with Crippen LogP contribution in [0.25, 0.3) is 0 Å². The van der Waals surface area contributed by atoms with Crippen molar-refractivity contribution < 1.29 is 19.4 Å². The second kappa shape index (κ2) is 4.23. The summed E-state index contributed by atoms with van der Waals surface area (Å²) in [6.07, 6.45) is -0.390. The molecule has 1 fully saturated rings. The fourth-order valence-corrected chi connectivity index (χ4v) is 1.28. The van der Waals surface area contributed by atoms with Crippen molar-refractivity contribution >= 4 is 11.9 Å². The lowest BCUT2D eigenvalue weighted by atomic mass is 10.2. The number of hydrogen-bond donors (Lipinski definition) is 1. The molecule has 1 N–H and O–H groups in total. The largest absolute Gasteiger partial charge is 0.479 e. The fourth-order valence-electron chi connectivity index (χ4n) is 1.28. The Bertz CT molecular complexity index is 194. The van der Waals surface area contributed by atoms with E-state index in [0.717, 1.165) is 0 Å². The van der Waals surface area contributed by atoms with Crippen molar-refractivity contribution in [1.29, 1.82) is 0 Å². The molecule has 1 aliphatic rings. The van der Waals surface area contributed by atoms with Gasteiger partial charge in [-0.05, 0) is 0 Å². The molecule has 0 aromatic carbocycles. The molecular formula is C8H13NO4. The van der Waals surface area contributed by atoms with Crippen molar-refractivity contribution in [2.24, 2.45) is 0 Å². The zero-order valence-electron chi connectivity index (χ0n) is 7.52. The topological polar surface area (TPSA) is 66.8 Å². The molecule has 1 heterocycles. The van der Waals surface area contributed by atoms with Crippen LogP contribution in [0, 0.1) is 0 Å². The summed E-state index contributed by atoms with van der Waals surface area (Å²) in [5.74, 6) is -0.986. The fraction of sp³-hybridized carbons (Fsp3) is 0.750. The lowest BCUT2D eigenvalue weighted by molar-refractivity contribution is -0.149. The summed E-state index contributed by atoms with van der Waals surface area (Å²) in [7, 11) is 0. The molecule has 1 unspecified atom stereocenters. The van der Waals surface area contributed by atoms with E-state index in [2.05, 4.69) is 0 Å². The van der Waals surface area contributed by atoms with E-state index in [1.807, 2.05) is 0 Å². The van der Waals surface area contributed by atoms with Crippen molar-refractivity contribution in [2.75, 3.05) is 19.7 Å². The Labute approximate surface area is 76.3 Å². The minimum absolute atomic E-state index is 0.0327. The first-order chi connectivity index (χ1) is 6.11. The number of hydrogen-bond acceptors (Lipinski definition) is 3. The van der Waals surface area contributed by atoms with Gasteiger partial charge in [0.2, 0.25) is 5.91 Å². The van der Waals surface area contributed by atoms with E-state index in [1.165, 1.54) is 6.92 Å². The number of carboxylic acids is 1. The van der Waals surface area contributed by atoms with Gasteiger partial charge in [0, 0.05) is 26.4 Å². The van der Waals surface area contributed by atoms with Gasteiger partial charge in [-0.1, -0.05) is 0 Å². The zero-order valence-corrected chi connectivity index (χ0v) is 7.52. The van der Waals surface area contributed by atoms with E-state index in [-0.39, 0.29) is 5.91 Å². The minimum Gasteiger partial charge on any atom is -0.479 e. The van der Waals surface area contributed by atoms with Crippen LogP contribution >= 0.6 is 0 Å². The molecule has 0 radical (unpaired) electrons. The summed E-state index contributed by atoms with van der Waals surface area (Å²) in [6, 6.07) is 0. The second-order valence-corrected chi connectivity index (χ2v) is 2.99. The van der Waals surface area contributed by atoms with Crippen molar-refractivity contribution in [3.63, 3.8) is 0 Å². The SMILES string of the molecule is CC(=O)N1CCOC(C(=O)O)CC1. The lowest BCUT2D eigenvalue weighted by Gasteiger charge is -2.16. The highest BCUT2D eigenvalue weighted by Gasteiger charge is 2.23. The smallest absolute Gasteiger partial charge is 0.332 e. The van der Waals surface area contributed by atoms with Crippen LogP contribution in [-0.4, -0.2) is 47.7 Å². The summed E-state index contributed by atoms with van der Waals surface area (Å²) in [6.45, 7) is 2.73. The van der Waals surface area contributed by atoms with Gasteiger partial charge in [-0.3, -0.25) is 4.79 Å². The number of carboxylic acid groups (broad SMARTS) is 1. The molecule has 1 rings (SSSR count). The average Bonchev–Trinajstić information content (AvgIpc) is 2.27. The van der Waals surface area contributed by atoms with E-state index >= 15 is 0 Å². The quantitative estimate of drug-likeness (QED) is 0.612. The molecule has 74 valence electrons. The van der Waals surface area contributed by atoms with Gasteiger partial charge < -0.3 is 14.7 Å². The normalized spacial score (nSPS) is 23.8. The van der Waals surface area contributed by atoms with Crippen LogP contribution in [0.3, 0.4) is 0 Å². The first kappa shape index (κ1) is 9.98. The Kier molecular flexibility index (Phi) is 3.25. The van der Waals surface area contributed by atoms with Crippen molar-refractivity contribution in [3.05, 3.63) is 0 Å². The highest BCUT2D eigenvalue weighted by molar-refractivity contribution is 5.74. The maximum atomic E-state index is 11.0. The van der Waals surface area contributed by atoms with Gasteiger partial charge in [0.1, 0.15) is 0 Å². The second-order valence-electron chi connectivity index (χ2n) is 2.99. The van der Waals surface area contributed by atoms with E-state index in [0.29, 0.717) is 26.1 Å². The molecule has 0 aliphatic carbocycles. The van der Waals surface area contributed by atoms with Crippen LogP contribution < -0.4 is 0 Å².